The third kappa shape index (κ3) is 6.34. The summed E-state index contributed by atoms with van der Waals surface area (Å²) in [4.78, 5) is 30.7. The number of amidine groups is 1. The van der Waals surface area contributed by atoms with Gasteiger partial charge in [0.05, 0.1) is 15.5 Å². The van der Waals surface area contributed by atoms with E-state index in [1.807, 2.05) is 19.1 Å². The Hall–Kier alpha value is -3.14. The van der Waals surface area contributed by atoms with Crippen LogP contribution in [0.15, 0.2) is 81.1 Å². The number of hydrogen-bond donors (Lipinski definition) is 0. The van der Waals surface area contributed by atoms with Crippen LogP contribution in [0.2, 0.25) is 5.02 Å². The number of carbonyl (C=O) groups excluding carboxylic acids is 1. The summed E-state index contributed by atoms with van der Waals surface area (Å²) in [5.41, 5.74) is 2.09. The summed E-state index contributed by atoms with van der Waals surface area (Å²) in [6.45, 7) is 2.70. The van der Waals surface area contributed by atoms with Crippen LogP contribution in [0.25, 0.3) is 6.08 Å². The molecule has 1 fully saturated rings. The van der Waals surface area contributed by atoms with E-state index in [-0.39, 0.29) is 18.2 Å². The number of non-ortho nitro benzene ring substituents is 1. The first-order valence-corrected chi connectivity index (χ1v) is 13.0. The second-order valence-electron chi connectivity index (χ2n) is 7.84. The zero-order valence-corrected chi connectivity index (χ0v) is 22.3. The lowest BCUT2D eigenvalue weighted by atomic mass is 10.1. The Kier molecular flexibility index (Phi) is 8.45. The van der Waals surface area contributed by atoms with Gasteiger partial charge < -0.3 is 4.74 Å². The molecule has 0 unspecified atom stereocenters. The van der Waals surface area contributed by atoms with Gasteiger partial charge in [0, 0.05) is 33.7 Å². The quantitative estimate of drug-likeness (QED) is 0.154. The Balaban J connectivity index is 1.61. The Labute approximate surface area is 226 Å². The molecule has 0 atom stereocenters. The maximum Gasteiger partial charge on any atom is 0.269 e. The molecule has 0 spiro atoms. The number of rotatable bonds is 8. The summed E-state index contributed by atoms with van der Waals surface area (Å²) in [7, 11) is 0. The van der Waals surface area contributed by atoms with Crippen molar-refractivity contribution in [1.29, 1.82) is 0 Å². The molecule has 3 aromatic carbocycles. The molecule has 1 amide bonds. The minimum Gasteiger partial charge on any atom is -0.488 e. The van der Waals surface area contributed by atoms with Crippen LogP contribution < -0.4 is 4.74 Å². The number of amides is 1. The highest BCUT2D eigenvalue weighted by Crippen LogP contribution is 2.36. The molecule has 0 bridgehead atoms. The van der Waals surface area contributed by atoms with Crippen LogP contribution in [-0.4, -0.2) is 27.4 Å². The van der Waals surface area contributed by atoms with Crippen LogP contribution in [0.4, 0.5) is 11.4 Å². The van der Waals surface area contributed by atoms with Gasteiger partial charge in [0.25, 0.3) is 11.6 Å². The molecule has 0 saturated carbocycles. The molecular formula is C26H21BrClN3O4S. The van der Waals surface area contributed by atoms with Crippen molar-refractivity contribution in [3.8, 4) is 5.75 Å². The summed E-state index contributed by atoms with van der Waals surface area (Å²) in [6.07, 6.45) is 2.57. The van der Waals surface area contributed by atoms with Crippen LogP contribution in [0.3, 0.4) is 0 Å². The van der Waals surface area contributed by atoms with E-state index in [9.17, 15) is 14.9 Å². The van der Waals surface area contributed by atoms with E-state index < -0.39 is 4.92 Å². The summed E-state index contributed by atoms with van der Waals surface area (Å²) in [5.74, 6) is 0.426. The van der Waals surface area contributed by atoms with Gasteiger partial charge in [0.1, 0.15) is 12.4 Å². The van der Waals surface area contributed by atoms with Gasteiger partial charge in [-0.3, -0.25) is 19.8 Å². The number of benzene rings is 3. The van der Waals surface area contributed by atoms with Crippen LogP contribution in [-0.2, 0) is 11.4 Å². The van der Waals surface area contributed by atoms with Crippen molar-refractivity contribution in [3.05, 3.63) is 102 Å². The SMILES string of the molecule is CCCN1C(=O)/C(=C/c2cc(Br)ccc2OCc2cccc([N+](=O)[O-])c2)SC1=Nc1ccc(Cl)cc1. The molecule has 1 saturated heterocycles. The van der Waals surface area contributed by atoms with Crippen molar-refractivity contribution in [1.82, 2.24) is 4.90 Å². The summed E-state index contributed by atoms with van der Waals surface area (Å²) in [5, 5.41) is 12.3. The first-order chi connectivity index (χ1) is 17.3. The topological polar surface area (TPSA) is 85.0 Å². The lowest BCUT2D eigenvalue weighted by Gasteiger charge is -2.14. The lowest BCUT2D eigenvalue weighted by Crippen LogP contribution is -2.29. The summed E-state index contributed by atoms with van der Waals surface area (Å²) >= 11 is 10.8. The number of nitrogens with zero attached hydrogens (tertiary/aromatic N) is 3. The smallest absolute Gasteiger partial charge is 0.269 e. The maximum atomic E-state index is 13.2. The molecule has 0 aromatic heterocycles. The molecule has 3 aromatic rings. The average molecular weight is 587 g/mol. The highest BCUT2D eigenvalue weighted by atomic mass is 79.9. The normalized spacial score (nSPS) is 15.6. The number of aliphatic imine (C=N–C) groups is 1. The summed E-state index contributed by atoms with van der Waals surface area (Å²) < 4.78 is 6.83. The van der Waals surface area contributed by atoms with Crippen molar-refractivity contribution in [2.45, 2.75) is 20.0 Å². The van der Waals surface area contributed by atoms with E-state index in [1.165, 1.54) is 23.9 Å². The van der Waals surface area contributed by atoms with Gasteiger partial charge in [-0.05, 0) is 72.3 Å². The minimum atomic E-state index is -0.437. The third-order valence-corrected chi connectivity index (χ3v) is 6.91. The van der Waals surface area contributed by atoms with Crippen molar-refractivity contribution < 1.29 is 14.5 Å². The number of nitro benzene ring substituents is 1. The number of ether oxygens (including phenoxy) is 1. The van der Waals surface area contributed by atoms with Gasteiger partial charge >= 0.3 is 0 Å². The first-order valence-electron chi connectivity index (χ1n) is 11.1. The van der Waals surface area contributed by atoms with Crippen molar-refractivity contribution >= 4 is 67.8 Å². The Morgan fingerprint density at radius 3 is 2.67 bits per heavy atom. The van der Waals surface area contributed by atoms with Crippen molar-refractivity contribution in [2.24, 2.45) is 4.99 Å². The summed E-state index contributed by atoms with van der Waals surface area (Å²) in [6, 6.07) is 18.9. The number of hydrogen-bond acceptors (Lipinski definition) is 6. The van der Waals surface area contributed by atoms with E-state index in [0.717, 1.165) is 10.9 Å². The zero-order valence-electron chi connectivity index (χ0n) is 19.2. The fourth-order valence-corrected chi connectivity index (χ4v) is 4.98. The standard InChI is InChI=1S/C26H21BrClN3O4S/c1-2-12-30-25(32)24(36-26(30)29-21-9-7-20(28)8-10-21)15-18-14-19(27)6-11-23(18)35-16-17-4-3-5-22(13-17)31(33)34/h3-11,13-15H,2,12,16H2,1H3/b24-15-,29-26?. The van der Waals surface area contributed by atoms with E-state index in [2.05, 4.69) is 20.9 Å². The van der Waals surface area contributed by atoms with Gasteiger partial charge in [-0.1, -0.05) is 46.6 Å². The molecule has 4 rings (SSSR count). The lowest BCUT2D eigenvalue weighted by molar-refractivity contribution is -0.384. The average Bonchev–Trinajstić information content (AvgIpc) is 3.14. The largest absolute Gasteiger partial charge is 0.488 e. The molecule has 0 N–H and O–H groups in total. The van der Waals surface area contributed by atoms with E-state index in [4.69, 9.17) is 16.3 Å². The number of halogens is 2. The molecular weight excluding hydrogens is 566 g/mol. The van der Waals surface area contributed by atoms with E-state index >= 15 is 0 Å². The van der Waals surface area contributed by atoms with E-state index in [1.54, 1.807) is 53.4 Å². The molecule has 0 aliphatic carbocycles. The van der Waals surface area contributed by atoms with Crippen molar-refractivity contribution in [3.63, 3.8) is 0 Å². The highest BCUT2D eigenvalue weighted by Gasteiger charge is 2.33. The van der Waals surface area contributed by atoms with Crippen LogP contribution >= 0.6 is 39.3 Å². The maximum absolute atomic E-state index is 13.2. The molecule has 184 valence electrons. The molecule has 36 heavy (non-hydrogen) atoms. The highest BCUT2D eigenvalue weighted by molar-refractivity contribution is 9.10. The van der Waals surface area contributed by atoms with E-state index in [0.29, 0.717) is 44.2 Å². The first kappa shape index (κ1) is 25.9. The predicted molar refractivity (Wildman–Crippen MR) is 148 cm³/mol. The van der Waals surface area contributed by atoms with Crippen LogP contribution in [0.1, 0.15) is 24.5 Å². The molecule has 0 radical (unpaired) electrons. The van der Waals surface area contributed by atoms with Gasteiger partial charge in [-0.2, -0.15) is 0 Å². The van der Waals surface area contributed by atoms with Crippen LogP contribution in [0, 0.1) is 10.1 Å². The predicted octanol–water partition coefficient (Wildman–Crippen LogP) is 7.60. The fraction of sp³-hybridized carbons (Fsp3) is 0.154. The molecule has 10 heteroatoms. The minimum absolute atomic E-state index is 0.00530. The number of thioether (sulfide) groups is 1. The second kappa shape index (κ2) is 11.7. The Morgan fingerprint density at radius 2 is 1.94 bits per heavy atom. The molecule has 1 heterocycles. The van der Waals surface area contributed by atoms with Gasteiger partial charge in [-0.25, -0.2) is 4.99 Å². The van der Waals surface area contributed by atoms with Crippen molar-refractivity contribution in [2.75, 3.05) is 6.54 Å². The van der Waals surface area contributed by atoms with Gasteiger partial charge in [0.2, 0.25) is 0 Å². The monoisotopic (exact) mass is 585 g/mol. The third-order valence-electron chi connectivity index (χ3n) is 5.16. The van der Waals surface area contributed by atoms with Gasteiger partial charge in [-0.15, -0.1) is 0 Å². The van der Waals surface area contributed by atoms with Crippen LogP contribution in [0.5, 0.6) is 5.75 Å². The Bertz CT molecular complexity index is 1360. The Morgan fingerprint density at radius 1 is 1.17 bits per heavy atom. The van der Waals surface area contributed by atoms with Gasteiger partial charge in [0.15, 0.2) is 5.17 Å². The number of nitro groups is 1. The second-order valence-corrected chi connectivity index (χ2v) is 10.2. The fourth-order valence-electron chi connectivity index (χ4n) is 3.46. The molecule has 1 aliphatic heterocycles. The molecule has 7 nitrogen and oxygen atoms in total. The molecule has 1 aliphatic rings. The zero-order chi connectivity index (χ0) is 25.7. The number of carbonyl (C=O) groups is 1.